The summed E-state index contributed by atoms with van der Waals surface area (Å²) in [5.41, 5.74) is 5.96. The number of carbonyl (C=O) groups is 1. The molecule has 0 aliphatic heterocycles. The van der Waals surface area contributed by atoms with Crippen molar-refractivity contribution in [2.45, 2.75) is 6.54 Å². The highest BCUT2D eigenvalue weighted by molar-refractivity contribution is 6.34. The Kier molecular flexibility index (Phi) is 6.83. The van der Waals surface area contributed by atoms with Gasteiger partial charge in [-0.15, -0.1) is 6.58 Å². The van der Waals surface area contributed by atoms with Crippen LogP contribution in [0, 0.1) is 5.82 Å². The van der Waals surface area contributed by atoms with Gasteiger partial charge in [0.25, 0.3) is 5.91 Å². The summed E-state index contributed by atoms with van der Waals surface area (Å²) in [6, 6.07) is 6.90. The number of hydrogen-bond donors (Lipinski definition) is 2. The first kappa shape index (κ1) is 23.6. The Hall–Kier alpha value is -4.57. The molecule has 0 unspecified atom stereocenters. The van der Waals surface area contributed by atoms with E-state index in [1.165, 1.54) is 55.1 Å². The topological polar surface area (TPSA) is 125 Å². The first-order chi connectivity index (χ1) is 16.9. The molecule has 4 aromatic rings. The van der Waals surface area contributed by atoms with Gasteiger partial charge in [-0.2, -0.15) is 0 Å². The maximum Gasteiger partial charge on any atom is 0.322 e. The zero-order valence-electron chi connectivity index (χ0n) is 18.1. The lowest BCUT2D eigenvalue weighted by molar-refractivity contribution is 0.102. The summed E-state index contributed by atoms with van der Waals surface area (Å²) < 4.78 is 20.5. The zero-order valence-corrected chi connectivity index (χ0v) is 18.9. The molecule has 9 nitrogen and oxygen atoms in total. The number of nitrogens with two attached hydrogens (primary N) is 1. The average Bonchev–Trinajstić information content (AvgIpc) is 2.85. The number of carbonyl (C=O) groups excluding carboxylic acids is 1. The third-order valence-corrected chi connectivity index (χ3v) is 5.17. The monoisotopic (exact) mass is 492 g/mol. The number of anilines is 2. The van der Waals surface area contributed by atoms with Crippen molar-refractivity contribution < 1.29 is 13.9 Å². The van der Waals surface area contributed by atoms with Crippen molar-refractivity contribution in [3.8, 4) is 22.9 Å². The van der Waals surface area contributed by atoms with E-state index in [-0.39, 0.29) is 39.4 Å². The van der Waals surface area contributed by atoms with Crippen molar-refractivity contribution in [3.63, 3.8) is 0 Å². The Labute approximate surface area is 203 Å². The predicted molar refractivity (Wildman–Crippen MR) is 130 cm³/mol. The second-order valence-electron chi connectivity index (χ2n) is 7.23. The minimum atomic E-state index is -0.668. The molecule has 0 radical (unpaired) electrons. The van der Waals surface area contributed by atoms with E-state index in [2.05, 4.69) is 26.8 Å². The van der Waals surface area contributed by atoms with Crippen LogP contribution in [0.2, 0.25) is 5.02 Å². The van der Waals surface area contributed by atoms with Gasteiger partial charge in [0.2, 0.25) is 5.43 Å². The SMILES string of the molecule is C=CCn1cc(C(=O)Nc2cnc(Oc3ccnc(N)c3Cl)nc2)c(=O)c(-c2ccc(F)cc2)c1. The van der Waals surface area contributed by atoms with Crippen LogP contribution < -0.4 is 21.2 Å². The van der Waals surface area contributed by atoms with Crippen molar-refractivity contribution in [1.29, 1.82) is 0 Å². The number of ether oxygens (including phenoxy) is 1. The summed E-state index contributed by atoms with van der Waals surface area (Å²) in [4.78, 5) is 37.9. The van der Waals surface area contributed by atoms with Gasteiger partial charge >= 0.3 is 6.01 Å². The molecule has 0 atom stereocenters. The van der Waals surface area contributed by atoms with E-state index < -0.39 is 17.2 Å². The Balaban J connectivity index is 1.58. The van der Waals surface area contributed by atoms with Crippen LogP contribution in [0.5, 0.6) is 11.8 Å². The van der Waals surface area contributed by atoms with Crippen LogP contribution in [0.25, 0.3) is 11.1 Å². The molecule has 3 aromatic heterocycles. The van der Waals surface area contributed by atoms with Gasteiger partial charge in [0, 0.05) is 36.8 Å². The number of nitrogens with one attached hydrogen (secondary N) is 1. The molecule has 176 valence electrons. The van der Waals surface area contributed by atoms with E-state index in [0.717, 1.165) is 0 Å². The summed E-state index contributed by atoms with van der Waals surface area (Å²) in [6.07, 6.45) is 8.66. The number of benzene rings is 1. The first-order valence-corrected chi connectivity index (χ1v) is 10.6. The van der Waals surface area contributed by atoms with Gasteiger partial charge in [0.05, 0.1) is 18.1 Å². The predicted octanol–water partition coefficient (Wildman–Crippen LogP) is 4.31. The smallest absolute Gasteiger partial charge is 0.322 e. The number of nitrogens with zero attached hydrogens (tertiary/aromatic N) is 4. The number of amides is 1. The molecule has 0 fully saturated rings. The van der Waals surface area contributed by atoms with Crippen molar-refractivity contribution in [1.82, 2.24) is 19.5 Å². The Morgan fingerprint density at radius 3 is 2.57 bits per heavy atom. The number of nitrogen functional groups attached to an aromatic ring is 1. The van der Waals surface area contributed by atoms with E-state index in [0.29, 0.717) is 12.1 Å². The molecule has 4 rings (SSSR count). The summed E-state index contributed by atoms with van der Waals surface area (Å²) in [5, 5.41) is 2.71. The maximum atomic E-state index is 13.3. The van der Waals surface area contributed by atoms with E-state index in [1.807, 2.05) is 0 Å². The number of aromatic nitrogens is 4. The van der Waals surface area contributed by atoms with Crippen LogP contribution in [-0.2, 0) is 6.54 Å². The summed E-state index contributed by atoms with van der Waals surface area (Å²) in [6.45, 7) is 4.04. The average molecular weight is 493 g/mol. The molecular formula is C24H18ClFN6O3. The maximum absolute atomic E-state index is 13.3. The third kappa shape index (κ3) is 5.33. The summed E-state index contributed by atoms with van der Waals surface area (Å²) >= 11 is 6.04. The molecule has 0 spiro atoms. The zero-order chi connectivity index (χ0) is 24.9. The van der Waals surface area contributed by atoms with Crippen LogP contribution >= 0.6 is 11.6 Å². The Morgan fingerprint density at radius 2 is 1.89 bits per heavy atom. The molecule has 1 amide bonds. The fourth-order valence-corrected chi connectivity index (χ4v) is 3.28. The Bertz CT molecular complexity index is 1460. The van der Waals surface area contributed by atoms with Gasteiger partial charge < -0.3 is 20.4 Å². The third-order valence-electron chi connectivity index (χ3n) is 4.79. The highest BCUT2D eigenvalue weighted by atomic mass is 35.5. The van der Waals surface area contributed by atoms with Crippen molar-refractivity contribution in [2.24, 2.45) is 0 Å². The van der Waals surface area contributed by atoms with Gasteiger partial charge in [0.1, 0.15) is 22.2 Å². The summed E-state index contributed by atoms with van der Waals surface area (Å²) in [5.74, 6) is -0.787. The number of halogens is 2. The van der Waals surface area contributed by atoms with E-state index in [1.54, 1.807) is 16.8 Å². The van der Waals surface area contributed by atoms with Crippen molar-refractivity contribution in [2.75, 3.05) is 11.1 Å². The second-order valence-corrected chi connectivity index (χ2v) is 7.60. The number of pyridine rings is 2. The highest BCUT2D eigenvalue weighted by Crippen LogP contribution is 2.30. The molecular weight excluding hydrogens is 475 g/mol. The number of hydrogen-bond acceptors (Lipinski definition) is 7. The lowest BCUT2D eigenvalue weighted by Crippen LogP contribution is -2.24. The lowest BCUT2D eigenvalue weighted by atomic mass is 10.0. The molecule has 3 heterocycles. The van der Waals surface area contributed by atoms with E-state index >= 15 is 0 Å². The largest absolute Gasteiger partial charge is 0.422 e. The van der Waals surface area contributed by atoms with Crippen molar-refractivity contribution in [3.05, 3.63) is 101 Å². The molecule has 1 aromatic carbocycles. The van der Waals surface area contributed by atoms with Crippen LogP contribution in [0.15, 0.2) is 78.8 Å². The van der Waals surface area contributed by atoms with Crippen LogP contribution in [0.3, 0.4) is 0 Å². The number of allylic oxidation sites excluding steroid dienone is 1. The fourth-order valence-electron chi connectivity index (χ4n) is 3.13. The van der Waals surface area contributed by atoms with Crippen LogP contribution in [-0.4, -0.2) is 25.4 Å². The first-order valence-electron chi connectivity index (χ1n) is 10.2. The quantitative estimate of drug-likeness (QED) is 0.368. The minimum absolute atomic E-state index is 0.0397. The van der Waals surface area contributed by atoms with Gasteiger partial charge in [-0.25, -0.2) is 19.3 Å². The Morgan fingerprint density at radius 1 is 1.17 bits per heavy atom. The molecule has 0 aliphatic carbocycles. The van der Waals surface area contributed by atoms with Crippen molar-refractivity contribution >= 4 is 29.0 Å². The molecule has 0 saturated carbocycles. The molecule has 0 saturated heterocycles. The van der Waals surface area contributed by atoms with Crippen LogP contribution in [0.4, 0.5) is 15.9 Å². The molecule has 11 heteroatoms. The lowest BCUT2D eigenvalue weighted by Gasteiger charge is -2.11. The van der Waals surface area contributed by atoms with Gasteiger partial charge in [0.15, 0.2) is 5.75 Å². The normalized spacial score (nSPS) is 10.6. The molecule has 0 aliphatic rings. The molecule has 3 N–H and O–H groups in total. The summed E-state index contributed by atoms with van der Waals surface area (Å²) in [7, 11) is 0. The van der Waals surface area contributed by atoms with E-state index in [4.69, 9.17) is 22.1 Å². The fraction of sp³-hybridized carbons (Fsp3) is 0.0417. The number of rotatable bonds is 7. The highest BCUT2D eigenvalue weighted by Gasteiger charge is 2.17. The van der Waals surface area contributed by atoms with Gasteiger partial charge in [-0.3, -0.25) is 9.59 Å². The molecule has 0 bridgehead atoms. The van der Waals surface area contributed by atoms with Gasteiger partial charge in [-0.05, 0) is 17.7 Å². The standard InChI is InChI=1S/C24H18ClFN6O3/c1-2-9-32-12-17(14-3-5-15(26)6-4-14)21(33)18(13-32)23(34)31-16-10-29-24(30-11-16)35-19-7-8-28-22(27)20(19)25/h2-8,10-13H,1,9H2,(H2,27,28)(H,31,34). The minimum Gasteiger partial charge on any atom is -0.422 e. The molecule has 35 heavy (non-hydrogen) atoms. The van der Waals surface area contributed by atoms with Crippen LogP contribution in [0.1, 0.15) is 10.4 Å². The van der Waals surface area contributed by atoms with Gasteiger partial charge in [-0.1, -0.05) is 29.8 Å². The second kappa shape index (κ2) is 10.1. The van der Waals surface area contributed by atoms with E-state index in [9.17, 15) is 14.0 Å².